The van der Waals surface area contributed by atoms with Gasteiger partial charge < -0.3 is 20.7 Å². The molecular weight excluding hydrogens is 590 g/mol. The second kappa shape index (κ2) is 14.7. The van der Waals surface area contributed by atoms with Gasteiger partial charge >= 0.3 is 0 Å². The number of nitrogens with one attached hydrogen (secondary N) is 3. The number of methoxy groups -OCH3 is 1. The highest BCUT2D eigenvalue weighted by atomic mass is 35.5. The summed E-state index contributed by atoms with van der Waals surface area (Å²) in [4.78, 5) is 41.0. The van der Waals surface area contributed by atoms with Gasteiger partial charge in [0.1, 0.15) is 11.4 Å². The predicted molar refractivity (Wildman–Crippen MR) is 173 cm³/mol. The molecule has 0 saturated heterocycles. The summed E-state index contributed by atoms with van der Waals surface area (Å²) in [5.41, 5.74) is 2.45. The van der Waals surface area contributed by atoms with Crippen molar-refractivity contribution in [3.05, 3.63) is 111 Å². The molecule has 0 saturated carbocycles. The van der Waals surface area contributed by atoms with E-state index in [1.54, 1.807) is 60.7 Å². The number of anilines is 2. The highest BCUT2D eigenvalue weighted by Crippen LogP contribution is 2.33. The van der Waals surface area contributed by atoms with Crippen molar-refractivity contribution in [1.82, 2.24) is 5.32 Å². The number of carbonyl (C=O) groups is 3. The average molecular weight is 620 g/mol. The van der Waals surface area contributed by atoms with Crippen LogP contribution in [0.5, 0.6) is 5.75 Å². The number of hydrogen-bond acceptors (Lipinski definition) is 6. The molecule has 4 rings (SSSR count). The van der Waals surface area contributed by atoms with E-state index in [4.69, 9.17) is 16.3 Å². The summed E-state index contributed by atoms with van der Waals surface area (Å²) in [6.07, 6.45) is 2.21. The predicted octanol–water partition coefficient (Wildman–Crippen LogP) is 7.64. The molecule has 0 spiro atoms. The van der Waals surface area contributed by atoms with Gasteiger partial charge in [0.15, 0.2) is 0 Å². The number of amides is 3. The third-order valence-electron chi connectivity index (χ3n) is 6.13. The topological polar surface area (TPSA) is 96.5 Å². The van der Waals surface area contributed by atoms with Crippen molar-refractivity contribution >= 4 is 69.9 Å². The Morgan fingerprint density at radius 1 is 1.00 bits per heavy atom. The van der Waals surface area contributed by atoms with Crippen molar-refractivity contribution in [2.75, 3.05) is 17.7 Å². The monoisotopic (exact) mass is 619 g/mol. The minimum absolute atomic E-state index is 0.113. The number of carbonyl (C=O) groups excluding carboxylic acids is 3. The van der Waals surface area contributed by atoms with Gasteiger partial charge in [0.05, 0.1) is 18.0 Å². The number of ether oxygens (including phenoxy) is 1. The maximum atomic E-state index is 13.3. The maximum absolute atomic E-state index is 13.3. The van der Waals surface area contributed by atoms with Gasteiger partial charge in [0.2, 0.25) is 5.91 Å². The van der Waals surface area contributed by atoms with E-state index in [0.717, 1.165) is 15.3 Å². The standard InChI is InChI=1S/C32H30ClN3O4S2/c1-4-29(32(39)35-26-16-20(2)25(33)19-28(26)40-3)42-24-13-8-12-22(17-24)34-31(38)27(18-23-14-9-15-41-23)36-30(37)21-10-6-5-7-11-21/h5-19,29H,4H2,1-3H3,(H,34,38)(H,35,39)(H,36,37)/b27-18-. The van der Waals surface area contributed by atoms with Gasteiger partial charge in [0.25, 0.3) is 11.8 Å². The average Bonchev–Trinajstić information content (AvgIpc) is 3.51. The Labute approximate surface area is 258 Å². The molecule has 1 atom stereocenters. The van der Waals surface area contributed by atoms with E-state index in [1.807, 2.05) is 43.5 Å². The molecule has 0 radical (unpaired) electrons. The van der Waals surface area contributed by atoms with Crippen molar-refractivity contribution in [2.45, 2.75) is 30.4 Å². The number of benzene rings is 3. The van der Waals surface area contributed by atoms with Gasteiger partial charge in [-0.1, -0.05) is 48.9 Å². The van der Waals surface area contributed by atoms with Gasteiger partial charge in [0, 0.05) is 32.1 Å². The zero-order valence-corrected chi connectivity index (χ0v) is 25.7. The highest BCUT2D eigenvalue weighted by molar-refractivity contribution is 8.00. The highest BCUT2D eigenvalue weighted by Gasteiger charge is 2.21. The van der Waals surface area contributed by atoms with Crippen molar-refractivity contribution in [1.29, 1.82) is 0 Å². The first-order valence-corrected chi connectivity index (χ1v) is 15.3. The lowest BCUT2D eigenvalue weighted by atomic mass is 10.2. The fraction of sp³-hybridized carbons (Fsp3) is 0.156. The Balaban J connectivity index is 1.48. The molecule has 1 heterocycles. The summed E-state index contributed by atoms with van der Waals surface area (Å²) < 4.78 is 5.39. The van der Waals surface area contributed by atoms with Crippen LogP contribution in [0.3, 0.4) is 0 Å². The molecule has 1 aromatic heterocycles. The quantitative estimate of drug-likeness (QED) is 0.118. The molecule has 216 valence electrons. The Morgan fingerprint density at radius 3 is 2.48 bits per heavy atom. The Morgan fingerprint density at radius 2 is 1.79 bits per heavy atom. The number of rotatable bonds is 11. The van der Waals surface area contributed by atoms with Crippen molar-refractivity contribution in [3.63, 3.8) is 0 Å². The van der Waals surface area contributed by atoms with E-state index < -0.39 is 11.2 Å². The zero-order chi connectivity index (χ0) is 30.1. The molecule has 10 heteroatoms. The minimum atomic E-state index is -0.468. The first kappa shape index (κ1) is 30.9. The molecule has 3 aromatic carbocycles. The van der Waals surface area contributed by atoms with Crippen LogP contribution in [-0.4, -0.2) is 30.1 Å². The van der Waals surface area contributed by atoms with Crippen LogP contribution in [0.4, 0.5) is 11.4 Å². The second-order valence-corrected chi connectivity index (χ2v) is 11.8. The lowest BCUT2D eigenvalue weighted by Crippen LogP contribution is -2.30. The lowest BCUT2D eigenvalue weighted by molar-refractivity contribution is -0.116. The van der Waals surface area contributed by atoms with E-state index in [9.17, 15) is 14.4 Å². The third kappa shape index (κ3) is 8.25. The van der Waals surface area contributed by atoms with Crippen LogP contribution in [0, 0.1) is 6.92 Å². The van der Waals surface area contributed by atoms with Crippen LogP contribution in [0.15, 0.2) is 94.8 Å². The molecule has 0 aliphatic carbocycles. The molecule has 0 aliphatic heterocycles. The van der Waals surface area contributed by atoms with Gasteiger partial charge in [-0.3, -0.25) is 14.4 Å². The van der Waals surface area contributed by atoms with Crippen LogP contribution >= 0.6 is 34.7 Å². The fourth-order valence-corrected chi connectivity index (χ4v) is 5.76. The van der Waals surface area contributed by atoms with Crippen LogP contribution in [-0.2, 0) is 9.59 Å². The Hall–Kier alpha value is -4.05. The first-order valence-electron chi connectivity index (χ1n) is 13.1. The number of aryl methyl sites for hydroxylation is 1. The SMILES string of the molecule is CCC(Sc1cccc(NC(=O)/C(=C/c2cccs2)NC(=O)c2ccccc2)c1)C(=O)Nc1cc(C)c(Cl)cc1OC. The van der Waals surface area contributed by atoms with E-state index >= 15 is 0 Å². The molecule has 3 amide bonds. The third-order valence-corrected chi connectivity index (χ3v) is 8.72. The molecule has 0 fully saturated rings. The number of hydrogen-bond donors (Lipinski definition) is 3. The summed E-state index contributed by atoms with van der Waals surface area (Å²) in [5.74, 6) is -0.553. The maximum Gasteiger partial charge on any atom is 0.272 e. The van der Waals surface area contributed by atoms with E-state index in [2.05, 4.69) is 16.0 Å². The van der Waals surface area contributed by atoms with E-state index in [-0.39, 0.29) is 17.5 Å². The Bertz CT molecular complexity index is 1590. The summed E-state index contributed by atoms with van der Waals surface area (Å²) in [6.45, 7) is 3.79. The smallest absolute Gasteiger partial charge is 0.272 e. The first-order chi connectivity index (χ1) is 20.3. The summed E-state index contributed by atoms with van der Waals surface area (Å²) in [6, 6.07) is 23.1. The number of thiophene rings is 1. The van der Waals surface area contributed by atoms with Crippen LogP contribution in [0.2, 0.25) is 5.02 Å². The van der Waals surface area contributed by atoms with Gasteiger partial charge in [-0.2, -0.15) is 0 Å². The molecule has 4 aromatic rings. The van der Waals surface area contributed by atoms with Crippen molar-refractivity contribution in [3.8, 4) is 5.75 Å². The van der Waals surface area contributed by atoms with Crippen molar-refractivity contribution in [2.24, 2.45) is 0 Å². The summed E-state index contributed by atoms with van der Waals surface area (Å²) in [5, 5.41) is 10.6. The zero-order valence-electron chi connectivity index (χ0n) is 23.3. The van der Waals surface area contributed by atoms with Crippen LogP contribution in [0.1, 0.15) is 34.1 Å². The van der Waals surface area contributed by atoms with Gasteiger partial charge in [-0.25, -0.2) is 0 Å². The number of thioether (sulfide) groups is 1. The number of halogens is 1. The molecule has 3 N–H and O–H groups in total. The minimum Gasteiger partial charge on any atom is -0.495 e. The fourth-order valence-electron chi connectivity index (χ4n) is 3.93. The van der Waals surface area contributed by atoms with Crippen molar-refractivity contribution < 1.29 is 19.1 Å². The van der Waals surface area contributed by atoms with E-state index in [0.29, 0.717) is 34.1 Å². The van der Waals surface area contributed by atoms with Gasteiger partial charge in [-0.05, 0) is 72.8 Å². The molecule has 7 nitrogen and oxygen atoms in total. The lowest BCUT2D eigenvalue weighted by Gasteiger charge is -2.18. The molecular formula is C32H30ClN3O4S2. The normalized spacial score (nSPS) is 11.9. The Kier molecular flexibility index (Phi) is 10.8. The molecule has 42 heavy (non-hydrogen) atoms. The van der Waals surface area contributed by atoms with E-state index in [1.165, 1.54) is 30.2 Å². The molecule has 0 bridgehead atoms. The summed E-state index contributed by atoms with van der Waals surface area (Å²) in [7, 11) is 1.52. The molecule has 0 aliphatic rings. The largest absolute Gasteiger partial charge is 0.495 e. The molecule has 1 unspecified atom stereocenters. The van der Waals surface area contributed by atoms with Crippen LogP contribution < -0.4 is 20.7 Å². The van der Waals surface area contributed by atoms with Crippen LogP contribution in [0.25, 0.3) is 6.08 Å². The summed E-state index contributed by atoms with van der Waals surface area (Å²) >= 11 is 9.04. The second-order valence-electron chi connectivity index (χ2n) is 9.18. The van der Waals surface area contributed by atoms with Gasteiger partial charge in [-0.15, -0.1) is 23.1 Å².